The summed E-state index contributed by atoms with van der Waals surface area (Å²) >= 11 is 1.69. The van der Waals surface area contributed by atoms with Gasteiger partial charge in [0.2, 0.25) is 0 Å². The van der Waals surface area contributed by atoms with Crippen LogP contribution in [0.2, 0.25) is 0 Å². The van der Waals surface area contributed by atoms with Crippen molar-refractivity contribution < 1.29 is 5.11 Å². The van der Waals surface area contributed by atoms with Gasteiger partial charge in [-0.15, -0.1) is 11.3 Å². The fourth-order valence-electron chi connectivity index (χ4n) is 1.11. The maximum absolute atomic E-state index is 9.15. The third-order valence-electron chi connectivity index (χ3n) is 2.00. The van der Waals surface area contributed by atoms with Crippen molar-refractivity contribution >= 4 is 16.5 Å². The Labute approximate surface area is 89.4 Å². The van der Waals surface area contributed by atoms with Crippen molar-refractivity contribution in [3.8, 4) is 0 Å². The zero-order chi connectivity index (χ0) is 10.8. The van der Waals surface area contributed by atoms with Gasteiger partial charge in [0.15, 0.2) is 5.13 Å². The molecule has 0 radical (unpaired) electrons. The number of thiazole rings is 1. The number of aliphatic hydroxyl groups excluding tert-OH is 1. The van der Waals surface area contributed by atoms with E-state index in [4.69, 9.17) is 5.11 Å². The molecule has 14 heavy (non-hydrogen) atoms. The summed E-state index contributed by atoms with van der Waals surface area (Å²) in [7, 11) is 3.97. The van der Waals surface area contributed by atoms with E-state index in [2.05, 4.69) is 18.8 Å². The Morgan fingerprint density at radius 3 is 2.57 bits per heavy atom. The van der Waals surface area contributed by atoms with Gasteiger partial charge in [0, 0.05) is 31.8 Å². The van der Waals surface area contributed by atoms with E-state index in [9.17, 15) is 0 Å². The van der Waals surface area contributed by atoms with Crippen LogP contribution < -0.4 is 4.90 Å². The summed E-state index contributed by atoms with van der Waals surface area (Å²) in [6, 6.07) is 0. The first-order valence-electron chi connectivity index (χ1n) is 4.67. The standard InChI is InChI=1S/C10H18N2OS/c1-10(2,7-13)5-8-6-11-9(14-8)12(3)4/h6,13H,5,7H2,1-4H3. The third-order valence-corrected chi connectivity index (χ3v) is 3.17. The van der Waals surface area contributed by atoms with Crippen LogP contribution in [-0.2, 0) is 6.42 Å². The lowest BCUT2D eigenvalue weighted by molar-refractivity contribution is 0.160. The van der Waals surface area contributed by atoms with E-state index < -0.39 is 0 Å². The van der Waals surface area contributed by atoms with Crippen molar-refractivity contribution in [3.63, 3.8) is 0 Å². The minimum atomic E-state index is -0.0455. The molecule has 1 aromatic heterocycles. The van der Waals surface area contributed by atoms with Crippen LogP contribution in [0, 0.1) is 5.41 Å². The molecule has 1 rings (SSSR count). The molecule has 0 fully saturated rings. The SMILES string of the molecule is CN(C)c1ncc(CC(C)(C)CO)s1. The Morgan fingerprint density at radius 1 is 1.50 bits per heavy atom. The summed E-state index contributed by atoms with van der Waals surface area (Å²) in [6.45, 7) is 4.33. The van der Waals surface area contributed by atoms with Gasteiger partial charge in [0.05, 0.1) is 0 Å². The molecule has 0 bridgehead atoms. The molecule has 3 nitrogen and oxygen atoms in total. The Balaban J connectivity index is 2.69. The predicted octanol–water partition coefficient (Wildman–Crippen LogP) is 1.77. The maximum atomic E-state index is 9.15. The van der Waals surface area contributed by atoms with Gasteiger partial charge in [-0.3, -0.25) is 0 Å². The molecule has 0 saturated heterocycles. The predicted molar refractivity (Wildman–Crippen MR) is 61.0 cm³/mol. The zero-order valence-corrected chi connectivity index (χ0v) is 10.1. The number of anilines is 1. The molecule has 4 heteroatoms. The van der Waals surface area contributed by atoms with Crippen molar-refractivity contribution in [2.75, 3.05) is 25.6 Å². The molecule has 0 amide bonds. The van der Waals surface area contributed by atoms with Crippen LogP contribution in [0.15, 0.2) is 6.20 Å². The summed E-state index contributed by atoms with van der Waals surface area (Å²) in [6.07, 6.45) is 2.78. The van der Waals surface area contributed by atoms with E-state index in [1.807, 2.05) is 25.2 Å². The summed E-state index contributed by atoms with van der Waals surface area (Å²) in [5.74, 6) is 0. The Bertz CT molecular complexity index is 294. The zero-order valence-electron chi connectivity index (χ0n) is 9.24. The minimum absolute atomic E-state index is 0.0455. The number of rotatable bonds is 4. The molecule has 0 spiro atoms. The molecule has 0 aliphatic carbocycles. The molecule has 1 aromatic rings. The lowest BCUT2D eigenvalue weighted by Gasteiger charge is -2.19. The monoisotopic (exact) mass is 214 g/mol. The summed E-state index contributed by atoms with van der Waals surface area (Å²) in [5.41, 5.74) is -0.0455. The van der Waals surface area contributed by atoms with Gasteiger partial charge in [-0.25, -0.2) is 4.98 Å². The fraction of sp³-hybridized carbons (Fsp3) is 0.700. The molecule has 0 unspecified atom stereocenters. The molecule has 1 N–H and O–H groups in total. The molecule has 0 aromatic carbocycles. The highest BCUT2D eigenvalue weighted by Crippen LogP contribution is 2.27. The van der Waals surface area contributed by atoms with Gasteiger partial charge in [-0.2, -0.15) is 0 Å². The second-order valence-electron chi connectivity index (χ2n) is 4.50. The van der Waals surface area contributed by atoms with Crippen LogP contribution in [0.25, 0.3) is 0 Å². The van der Waals surface area contributed by atoms with E-state index in [0.717, 1.165) is 11.6 Å². The first-order valence-corrected chi connectivity index (χ1v) is 5.49. The summed E-state index contributed by atoms with van der Waals surface area (Å²) in [4.78, 5) is 7.53. The van der Waals surface area contributed by atoms with E-state index in [0.29, 0.717) is 0 Å². The van der Waals surface area contributed by atoms with Crippen LogP contribution in [0.4, 0.5) is 5.13 Å². The first kappa shape index (κ1) is 11.5. The smallest absolute Gasteiger partial charge is 0.184 e. The van der Waals surface area contributed by atoms with Crippen molar-refractivity contribution in [2.45, 2.75) is 20.3 Å². The van der Waals surface area contributed by atoms with E-state index >= 15 is 0 Å². The van der Waals surface area contributed by atoms with Gasteiger partial charge >= 0.3 is 0 Å². The minimum Gasteiger partial charge on any atom is -0.396 e. The molecular weight excluding hydrogens is 196 g/mol. The molecule has 0 atom stereocenters. The number of nitrogens with zero attached hydrogens (tertiary/aromatic N) is 2. The topological polar surface area (TPSA) is 36.4 Å². The lowest BCUT2D eigenvalue weighted by Crippen LogP contribution is -2.19. The number of aliphatic hydroxyl groups is 1. The van der Waals surface area contributed by atoms with Gasteiger partial charge in [0.1, 0.15) is 0 Å². The second-order valence-corrected chi connectivity index (χ2v) is 5.60. The van der Waals surface area contributed by atoms with E-state index in [1.165, 1.54) is 4.88 Å². The largest absolute Gasteiger partial charge is 0.396 e. The van der Waals surface area contributed by atoms with Crippen LogP contribution in [0.3, 0.4) is 0 Å². The number of hydrogen-bond donors (Lipinski definition) is 1. The second kappa shape index (κ2) is 4.28. The summed E-state index contributed by atoms with van der Waals surface area (Å²) in [5, 5.41) is 10.2. The number of aromatic nitrogens is 1. The molecule has 80 valence electrons. The molecule has 0 aliphatic heterocycles. The van der Waals surface area contributed by atoms with Crippen LogP contribution >= 0.6 is 11.3 Å². The van der Waals surface area contributed by atoms with E-state index in [-0.39, 0.29) is 12.0 Å². The van der Waals surface area contributed by atoms with Crippen LogP contribution in [0.1, 0.15) is 18.7 Å². The molecule has 0 aliphatic rings. The van der Waals surface area contributed by atoms with E-state index in [1.54, 1.807) is 11.3 Å². The Hall–Kier alpha value is -0.610. The molecule has 0 saturated carbocycles. The highest BCUT2D eigenvalue weighted by molar-refractivity contribution is 7.15. The van der Waals surface area contributed by atoms with Crippen LogP contribution in [-0.4, -0.2) is 30.8 Å². The highest BCUT2D eigenvalue weighted by atomic mass is 32.1. The van der Waals surface area contributed by atoms with Gasteiger partial charge < -0.3 is 10.0 Å². The summed E-state index contributed by atoms with van der Waals surface area (Å²) < 4.78 is 0. The maximum Gasteiger partial charge on any atom is 0.184 e. The van der Waals surface area contributed by atoms with Gasteiger partial charge in [0.25, 0.3) is 0 Å². The highest BCUT2D eigenvalue weighted by Gasteiger charge is 2.18. The lowest BCUT2D eigenvalue weighted by atomic mass is 9.90. The Kier molecular flexibility index (Phi) is 3.50. The van der Waals surface area contributed by atoms with Gasteiger partial charge in [-0.1, -0.05) is 13.8 Å². The van der Waals surface area contributed by atoms with Crippen LogP contribution in [0.5, 0.6) is 0 Å². The number of hydrogen-bond acceptors (Lipinski definition) is 4. The normalized spacial score (nSPS) is 11.8. The van der Waals surface area contributed by atoms with Crippen molar-refractivity contribution in [2.24, 2.45) is 5.41 Å². The Morgan fingerprint density at radius 2 is 2.14 bits per heavy atom. The van der Waals surface area contributed by atoms with Gasteiger partial charge in [-0.05, 0) is 11.8 Å². The quantitative estimate of drug-likeness (QED) is 0.830. The molecular formula is C10H18N2OS. The van der Waals surface area contributed by atoms with Crippen molar-refractivity contribution in [1.29, 1.82) is 0 Å². The average Bonchev–Trinajstić information content (AvgIpc) is 2.52. The third kappa shape index (κ3) is 2.96. The fourth-order valence-corrected chi connectivity index (χ4v) is 2.20. The first-order chi connectivity index (χ1) is 6.44. The van der Waals surface area contributed by atoms with Crippen molar-refractivity contribution in [1.82, 2.24) is 4.98 Å². The average molecular weight is 214 g/mol. The molecule has 1 heterocycles. The van der Waals surface area contributed by atoms with Crippen molar-refractivity contribution in [3.05, 3.63) is 11.1 Å².